The number of ether oxygens (including phenoxy) is 2. The van der Waals surface area contributed by atoms with Gasteiger partial charge in [0.25, 0.3) is 0 Å². The van der Waals surface area contributed by atoms with Gasteiger partial charge in [0.1, 0.15) is 5.76 Å². The van der Waals surface area contributed by atoms with Gasteiger partial charge >= 0.3 is 5.97 Å². The number of carbonyl (C=O) groups excluding carboxylic acids is 1. The van der Waals surface area contributed by atoms with Crippen molar-refractivity contribution in [2.75, 3.05) is 13.2 Å². The molecule has 0 spiro atoms. The number of nitrogens with zero attached hydrogens (tertiary/aromatic N) is 1. The molecule has 0 bridgehead atoms. The minimum atomic E-state index is -0.460. The van der Waals surface area contributed by atoms with Crippen LogP contribution in [0.2, 0.25) is 0 Å². The third kappa shape index (κ3) is 4.37. The van der Waals surface area contributed by atoms with Crippen LogP contribution in [0, 0.1) is 10.1 Å². The Hall–Kier alpha value is -1.56. The van der Waals surface area contributed by atoms with E-state index in [4.69, 9.17) is 21.1 Å². The van der Waals surface area contributed by atoms with Gasteiger partial charge in [0.05, 0.1) is 35.7 Å². The summed E-state index contributed by atoms with van der Waals surface area (Å²) in [6.07, 6.45) is 2.06. The lowest BCUT2D eigenvalue weighted by Crippen LogP contribution is -2.10. The van der Waals surface area contributed by atoms with Crippen LogP contribution in [0.4, 0.5) is 0 Å². The Morgan fingerprint density at radius 2 is 2.28 bits per heavy atom. The fourth-order valence-corrected chi connectivity index (χ4v) is 1.61. The van der Waals surface area contributed by atoms with E-state index in [0.717, 1.165) is 0 Å². The van der Waals surface area contributed by atoms with Gasteiger partial charge in [-0.1, -0.05) is 11.6 Å². The lowest BCUT2D eigenvalue weighted by molar-refractivity contribution is -0.428. The molecule has 6 nitrogen and oxygen atoms in total. The van der Waals surface area contributed by atoms with Crippen molar-refractivity contribution in [2.45, 2.75) is 26.2 Å². The fraction of sp³-hybridized carbons (Fsp3) is 0.545. The molecule has 0 N–H and O–H groups in total. The molecule has 0 amide bonds. The molecule has 100 valence electrons. The average Bonchev–Trinajstić information content (AvgIpc) is 2.31. The second-order valence-electron chi connectivity index (χ2n) is 3.57. The van der Waals surface area contributed by atoms with Crippen LogP contribution < -0.4 is 0 Å². The summed E-state index contributed by atoms with van der Waals surface area (Å²) in [5.41, 5.74) is 0.0607. The summed E-state index contributed by atoms with van der Waals surface area (Å²) in [6.45, 7) is 2.12. The van der Waals surface area contributed by atoms with E-state index in [1.165, 1.54) is 6.08 Å². The molecule has 1 aliphatic rings. The summed E-state index contributed by atoms with van der Waals surface area (Å²) in [5.74, 6) is -0.109. The third-order valence-electron chi connectivity index (χ3n) is 2.27. The van der Waals surface area contributed by atoms with Crippen LogP contribution in [0.15, 0.2) is 22.6 Å². The van der Waals surface area contributed by atoms with E-state index in [0.29, 0.717) is 18.1 Å². The first-order valence-corrected chi connectivity index (χ1v) is 5.94. The summed E-state index contributed by atoms with van der Waals surface area (Å²) in [5, 5.41) is 11.1. The van der Waals surface area contributed by atoms with E-state index in [1.54, 1.807) is 6.92 Å². The van der Waals surface area contributed by atoms with E-state index < -0.39 is 4.92 Å². The van der Waals surface area contributed by atoms with Crippen LogP contribution in [0.1, 0.15) is 26.2 Å². The van der Waals surface area contributed by atoms with Crippen molar-refractivity contribution in [1.82, 2.24) is 0 Å². The highest BCUT2D eigenvalue weighted by atomic mass is 35.5. The number of hydrogen-bond acceptors (Lipinski definition) is 5. The summed E-state index contributed by atoms with van der Waals surface area (Å²) in [6, 6.07) is 0. The normalized spacial score (nSPS) is 15.1. The number of rotatable bonds is 6. The molecule has 1 aliphatic carbocycles. The summed E-state index contributed by atoms with van der Waals surface area (Å²) in [4.78, 5) is 21.2. The molecule has 0 aromatic carbocycles. The fourth-order valence-electron chi connectivity index (χ4n) is 1.40. The lowest BCUT2D eigenvalue weighted by Gasteiger charge is -2.13. The molecule has 0 heterocycles. The second-order valence-corrected chi connectivity index (χ2v) is 4.02. The van der Waals surface area contributed by atoms with Crippen molar-refractivity contribution in [2.24, 2.45) is 0 Å². The van der Waals surface area contributed by atoms with Crippen molar-refractivity contribution < 1.29 is 19.2 Å². The number of nitro groups is 1. The molecule has 0 aliphatic heterocycles. The van der Waals surface area contributed by atoms with E-state index in [1.807, 2.05) is 0 Å². The van der Waals surface area contributed by atoms with E-state index in [-0.39, 0.29) is 36.9 Å². The standard InChI is InChI=1S/C11H14ClNO5/c1-2-17-11(14)5-6-18-10-7-8(13(15)16)3-4-9(10)12/h7H,2-6H2,1H3. The Kier molecular flexibility index (Phi) is 5.64. The van der Waals surface area contributed by atoms with Gasteiger partial charge in [0.2, 0.25) is 5.70 Å². The number of halogens is 1. The highest BCUT2D eigenvalue weighted by Crippen LogP contribution is 2.27. The average molecular weight is 276 g/mol. The third-order valence-corrected chi connectivity index (χ3v) is 2.64. The molecule has 0 unspecified atom stereocenters. The zero-order valence-corrected chi connectivity index (χ0v) is 10.7. The Morgan fingerprint density at radius 1 is 1.56 bits per heavy atom. The second kappa shape index (κ2) is 7.00. The van der Waals surface area contributed by atoms with Gasteiger partial charge in [-0.15, -0.1) is 0 Å². The van der Waals surface area contributed by atoms with Gasteiger partial charge in [-0.2, -0.15) is 0 Å². The molecule has 7 heteroatoms. The maximum atomic E-state index is 11.1. The molecular formula is C11H14ClNO5. The highest BCUT2D eigenvalue weighted by molar-refractivity contribution is 6.30. The highest BCUT2D eigenvalue weighted by Gasteiger charge is 2.20. The topological polar surface area (TPSA) is 78.7 Å². The molecule has 0 saturated heterocycles. The molecule has 0 aromatic heterocycles. The largest absolute Gasteiger partial charge is 0.492 e. The first-order valence-electron chi connectivity index (χ1n) is 5.56. The van der Waals surface area contributed by atoms with Gasteiger partial charge in [-0.3, -0.25) is 14.9 Å². The molecule has 1 rings (SSSR count). The summed E-state index contributed by atoms with van der Waals surface area (Å²) < 4.78 is 9.98. The van der Waals surface area contributed by atoms with Gasteiger partial charge in [0, 0.05) is 6.42 Å². The molecule has 0 fully saturated rings. The van der Waals surface area contributed by atoms with Crippen molar-refractivity contribution in [3.63, 3.8) is 0 Å². The minimum Gasteiger partial charge on any atom is -0.492 e. The molecule has 18 heavy (non-hydrogen) atoms. The number of carbonyl (C=O) groups is 1. The Bertz CT molecular complexity index is 402. The predicted molar refractivity (Wildman–Crippen MR) is 64.4 cm³/mol. The van der Waals surface area contributed by atoms with Crippen LogP contribution in [0.3, 0.4) is 0 Å². The van der Waals surface area contributed by atoms with Gasteiger partial charge < -0.3 is 9.47 Å². The first kappa shape index (κ1) is 14.5. The van der Waals surface area contributed by atoms with Crippen molar-refractivity contribution in [3.8, 4) is 0 Å². The zero-order chi connectivity index (χ0) is 13.5. The van der Waals surface area contributed by atoms with E-state index >= 15 is 0 Å². The number of esters is 1. The van der Waals surface area contributed by atoms with Crippen molar-refractivity contribution in [3.05, 3.63) is 32.7 Å². The molecular weight excluding hydrogens is 262 g/mol. The smallest absolute Gasteiger partial charge is 0.309 e. The van der Waals surface area contributed by atoms with E-state index in [9.17, 15) is 14.9 Å². The Balaban J connectivity index is 2.50. The summed E-state index contributed by atoms with van der Waals surface area (Å²) in [7, 11) is 0. The van der Waals surface area contributed by atoms with Crippen LogP contribution in [0.5, 0.6) is 0 Å². The predicted octanol–water partition coefficient (Wildman–Crippen LogP) is 2.36. The van der Waals surface area contributed by atoms with Crippen molar-refractivity contribution in [1.29, 1.82) is 0 Å². The van der Waals surface area contributed by atoms with Crippen LogP contribution in [-0.4, -0.2) is 24.1 Å². The minimum absolute atomic E-state index is 0.0607. The Morgan fingerprint density at radius 3 is 2.89 bits per heavy atom. The first-order chi connectivity index (χ1) is 8.54. The monoisotopic (exact) mass is 275 g/mol. The van der Waals surface area contributed by atoms with E-state index in [2.05, 4.69) is 0 Å². The van der Waals surface area contributed by atoms with Gasteiger partial charge in [-0.25, -0.2) is 0 Å². The van der Waals surface area contributed by atoms with Crippen LogP contribution in [-0.2, 0) is 14.3 Å². The quantitative estimate of drug-likeness (QED) is 0.422. The SMILES string of the molecule is CCOC(=O)CCOC1=C(Cl)CCC([N+](=O)[O-])=C1. The van der Waals surface area contributed by atoms with Gasteiger partial charge in [-0.05, 0) is 13.3 Å². The molecule has 0 saturated carbocycles. The summed E-state index contributed by atoms with van der Waals surface area (Å²) >= 11 is 5.90. The maximum Gasteiger partial charge on any atom is 0.309 e. The van der Waals surface area contributed by atoms with Crippen molar-refractivity contribution >= 4 is 17.6 Å². The maximum absolute atomic E-state index is 11.1. The lowest BCUT2D eigenvalue weighted by atomic mass is 10.1. The van der Waals surface area contributed by atoms with Crippen LogP contribution in [0.25, 0.3) is 0 Å². The number of hydrogen-bond donors (Lipinski definition) is 0. The molecule has 0 aromatic rings. The number of allylic oxidation sites excluding steroid dienone is 3. The Labute approximate surface area is 109 Å². The van der Waals surface area contributed by atoms with Gasteiger partial charge in [0.15, 0.2) is 0 Å². The van der Waals surface area contributed by atoms with Crippen LogP contribution >= 0.6 is 11.6 Å². The molecule has 0 atom stereocenters. The zero-order valence-electron chi connectivity index (χ0n) is 9.98. The molecule has 0 radical (unpaired) electrons.